The van der Waals surface area contributed by atoms with Gasteiger partial charge in [0.25, 0.3) is 0 Å². The molecule has 0 amide bonds. The molecule has 0 aromatic heterocycles. The van der Waals surface area contributed by atoms with Gasteiger partial charge in [-0.1, -0.05) is 20.8 Å². The van der Waals surface area contributed by atoms with E-state index in [1.54, 1.807) is 14.2 Å². The quantitative estimate of drug-likeness (QED) is 0.245. The molecule has 0 heterocycles. The van der Waals surface area contributed by atoms with Gasteiger partial charge in [0.2, 0.25) is 0 Å². The Labute approximate surface area is 177 Å². The van der Waals surface area contributed by atoms with Crippen molar-refractivity contribution >= 4 is 0 Å². The predicted molar refractivity (Wildman–Crippen MR) is 112 cm³/mol. The summed E-state index contributed by atoms with van der Waals surface area (Å²) >= 11 is 0. The highest BCUT2D eigenvalue weighted by molar-refractivity contribution is 4.73. The molecule has 0 radical (unpaired) electrons. The van der Waals surface area contributed by atoms with E-state index in [2.05, 4.69) is 20.8 Å². The van der Waals surface area contributed by atoms with Gasteiger partial charge in [-0.3, -0.25) is 0 Å². The molecule has 29 heavy (non-hydrogen) atoms. The monoisotopic (exact) mass is 424 g/mol. The summed E-state index contributed by atoms with van der Waals surface area (Å²) in [6.07, 6.45) is 0. The van der Waals surface area contributed by atoms with E-state index < -0.39 is 0 Å². The minimum atomic E-state index is 0.103. The van der Waals surface area contributed by atoms with E-state index in [0.29, 0.717) is 98.4 Å². The maximum atomic E-state index is 5.79. The lowest BCUT2D eigenvalue weighted by Crippen LogP contribution is -2.30. The highest BCUT2D eigenvalue weighted by Crippen LogP contribution is 2.26. The molecular formula is C21H44O8. The second-order valence-corrected chi connectivity index (χ2v) is 7.65. The Morgan fingerprint density at radius 1 is 0.448 bits per heavy atom. The third-order valence-electron chi connectivity index (χ3n) is 4.21. The molecule has 0 bridgehead atoms. The fourth-order valence-corrected chi connectivity index (χ4v) is 2.16. The predicted octanol–water partition coefficient (Wildman–Crippen LogP) is 2.04. The normalized spacial score (nSPS) is 12.2. The minimum absolute atomic E-state index is 0.103. The summed E-state index contributed by atoms with van der Waals surface area (Å²) in [4.78, 5) is 0. The third-order valence-corrected chi connectivity index (χ3v) is 4.21. The summed E-state index contributed by atoms with van der Waals surface area (Å²) in [5, 5.41) is 0. The van der Waals surface area contributed by atoms with Crippen LogP contribution in [-0.4, -0.2) is 107 Å². The van der Waals surface area contributed by atoms with E-state index in [1.165, 1.54) is 0 Å². The average Bonchev–Trinajstić information content (AvgIpc) is 2.68. The highest BCUT2D eigenvalue weighted by Gasteiger charge is 2.25. The van der Waals surface area contributed by atoms with Crippen LogP contribution < -0.4 is 0 Å². The summed E-state index contributed by atoms with van der Waals surface area (Å²) in [7, 11) is 3.31. The van der Waals surface area contributed by atoms with Crippen molar-refractivity contribution in [2.45, 2.75) is 20.8 Å². The summed E-state index contributed by atoms with van der Waals surface area (Å²) in [6, 6.07) is 0. The number of ether oxygens (including phenoxy) is 8. The van der Waals surface area contributed by atoms with Crippen molar-refractivity contribution in [2.75, 3.05) is 107 Å². The van der Waals surface area contributed by atoms with Gasteiger partial charge in [0.1, 0.15) is 0 Å². The van der Waals surface area contributed by atoms with Crippen LogP contribution >= 0.6 is 0 Å². The van der Waals surface area contributed by atoms with Crippen LogP contribution in [0.3, 0.4) is 0 Å². The number of hydrogen-bond donors (Lipinski definition) is 0. The molecule has 0 atom stereocenters. The molecule has 0 aliphatic carbocycles. The maximum absolute atomic E-state index is 5.79. The molecule has 0 rings (SSSR count). The van der Waals surface area contributed by atoms with Crippen molar-refractivity contribution in [3.8, 4) is 0 Å². The molecule has 176 valence electrons. The Hall–Kier alpha value is -0.320. The van der Waals surface area contributed by atoms with E-state index in [0.717, 1.165) is 0 Å². The molecule has 8 heteroatoms. The fourth-order valence-electron chi connectivity index (χ4n) is 2.16. The van der Waals surface area contributed by atoms with Crippen LogP contribution in [0.25, 0.3) is 0 Å². The van der Waals surface area contributed by atoms with Crippen LogP contribution in [0.5, 0.6) is 0 Å². The van der Waals surface area contributed by atoms with Crippen LogP contribution in [0.1, 0.15) is 20.8 Å². The highest BCUT2D eigenvalue weighted by atomic mass is 16.6. The number of methoxy groups -OCH3 is 2. The molecule has 8 nitrogen and oxygen atoms in total. The van der Waals surface area contributed by atoms with Crippen LogP contribution in [-0.2, 0) is 37.9 Å². The lowest BCUT2D eigenvalue weighted by atomic mass is 9.82. The van der Waals surface area contributed by atoms with Gasteiger partial charge in [-0.15, -0.1) is 0 Å². The Morgan fingerprint density at radius 2 is 0.724 bits per heavy atom. The fraction of sp³-hybridized carbons (Fsp3) is 1.00. The smallest absolute Gasteiger partial charge is 0.0701 e. The van der Waals surface area contributed by atoms with E-state index in [4.69, 9.17) is 37.9 Å². The van der Waals surface area contributed by atoms with Crippen molar-refractivity contribution in [2.24, 2.45) is 11.3 Å². The Balaban J connectivity index is 3.61. The molecule has 0 aliphatic rings. The first-order valence-corrected chi connectivity index (χ1v) is 10.5. The molecule has 0 spiro atoms. The Morgan fingerprint density at radius 3 is 1.00 bits per heavy atom. The molecule has 0 unspecified atom stereocenters. The van der Waals surface area contributed by atoms with E-state index >= 15 is 0 Å². The van der Waals surface area contributed by atoms with E-state index in [9.17, 15) is 0 Å². The number of hydrogen-bond acceptors (Lipinski definition) is 8. The van der Waals surface area contributed by atoms with Crippen LogP contribution in [0.4, 0.5) is 0 Å². The molecule has 0 aromatic carbocycles. The summed E-state index contributed by atoms with van der Waals surface area (Å²) in [5.74, 6) is 0.303. The van der Waals surface area contributed by atoms with Gasteiger partial charge in [0, 0.05) is 20.1 Å². The van der Waals surface area contributed by atoms with Gasteiger partial charge in [-0.05, 0) is 5.41 Å². The van der Waals surface area contributed by atoms with Gasteiger partial charge in [0.05, 0.1) is 92.5 Å². The first-order valence-electron chi connectivity index (χ1n) is 10.5. The Bertz CT molecular complexity index is 298. The molecule has 0 aromatic rings. The molecule has 0 saturated carbocycles. The molecule has 0 aliphatic heterocycles. The molecule has 0 N–H and O–H groups in total. The summed E-state index contributed by atoms with van der Waals surface area (Å²) in [6.45, 7) is 14.8. The summed E-state index contributed by atoms with van der Waals surface area (Å²) in [5.41, 5.74) is 0.103. The summed E-state index contributed by atoms with van der Waals surface area (Å²) < 4.78 is 43.0. The molecule has 0 fully saturated rings. The minimum Gasteiger partial charge on any atom is -0.382 e. The Kier molecular flexibility index (Phi) is 20.7. The SMILES string of the molecule is COCCOCCOCCOCC(COCCOCCOCCOC)C(C)(C)C. The van der Waals surface area contributed by atoms with Crippen molar-refractivity contribution in [3.05, 3.63) is 0 Å². The lowest BCUT2D eigenvalue weighted by Gasteiger charge is -2.30. The van der Waals surface area contributed by atoms with Crippen molar-refractivity contribution in [3.63, 3.8) is 0 Å². The largest absolute Gasteiger partial charge is 0.382 e. The van der Waals surface area contributed by atoms with Gasteiger partial charge in [0.15, 0.2) is 0 Å². The standard InChI is InChI=1S/C21H44O8/c1-21(2,3)20(18-28-16-14-26-12-10-24-8-6-22-4)19-29-17-15-27-13-11-25-9-7-23-5/h20H,6-19H2,1-5H3. The lowest BCUT2D eigenvalue weighted by molar-refractivity contribution is -0.0406. The van der Waals surface area contributed by atoms with Crippen LogP contribution in [0.15, 0.2) is 0 Å². The van der Waals surface area contributed by atoms with E-state index in [1.807, 2.05) is 0 Å². The van der Waals surface area contributed by atoms with Gasteiger partial charge in [-0.25, -0.2) is 0 Å². The first-order chi connectivity index (χ1) is 14.0. The first kappa shape index (κ1) is 28.7. The number of rotatable bonds is 22. The van der Waals surface area contributed by atoms with Crippen molar-refractivity contribution in [1.29, 1.82) is 0 Å². The van der Waals surface area contributed by atoms with Gasteiger partial charge >= 0.3 is 0 Å². The maximum Gasteiger partial charge on any atom is 0.0701 e. The second-order valence-electron chi connectivity index (χ2n) is 7.65. The third kappa shape index (κ3) is 20.7. The van der Waals surface area contributed by atoms with Gasteiger partial charge in [-0.2, -0.15) is 0 Å². The molecule has 0 saturated heterocycles. The van der Waals surface area contributed by atoms with Crippen LogP contribution in [0.2, 0.25) is 0 Å². The van der Waals surface area contributed by atoms with Gasteiger partial charge < -0.3 is 37.9 Å². The zero-order valence-electron chi connectivity index (χ0n) is 19.2. The zero-order valence-corrected chi connectivity index (χ0v) is 19.2. The van der Waals surface area contributed by atoms with E-state index in [-0.39, 0.29) is 5.41 Å². The van der Waals surface area contributed by atoms with Crippen molar-refractivity contribution in [1.82, 2.24) is 0 Å². The average molecular weight is 425 g/mol. The second kappa shape index (κ2) is 20.9. The van der Waals surface area contributed by atoms with Crippen molar-refractivity contribution < 1.29 is 37.9 Å². The molecular weight excluding hydrogens is 380 g/mol. The topological polar surface area (TPSA) is 73.8 Å². The van der Waals surface area contributed by atoms with Crippen LogP contribution in [0, 0.1) is 11.3 Å². The zero-order chi connectivity index (χ0) is 21.6.